The predicted octanol–water partition coefficient (Wildman–Crippen LogP) is 2.12. The summed E-state index contributed by atoms with van der Waals surface area (Å²) in [6.45, 7) is 1.08. The molecule has 1 aliphatic heterocycles. The van der Waals surface area contributed by atoms with Crippen LogP contribution in [0.15, 0.2) is 24.3 Å². The molecular formula is C11H14N2. The lowest BCUT2D eigenvalue weighted by Gasteiger charge is -2.19. The fraction of sp³-hybridized carbons (Fsp3) is 0.273. The van der Waals surface area contributed by atoms with Crippen molar-refractivity contribution in [2.45, 2.75) is 6.42 Å². The van der Waals surface area contributed by atoms with E-state index in [1.54, 1.807) is 0 Å². The molecule has 1 aromatic carbocycles. The fourth-order valence-corrected chi connectivity index (χ4v) is 1.65. The highest BCUT2D eigenvalue weighted by molar-refractivity contribution is 5.72. The monoisotopic (exact) mass is 174 g/mol. The highest BCUT2D eigenvalue weighted by Gasteiger charge is 2.07. The van der Waals surface area contributed by atoms with Crippen LogP contribution in [0.3, 0.4) is 0 Å². The van der Waals surface area contributed by atoms with E-state index < -0.39 is 0 Å². The van der Waals surface area contributed by atoms with E-state index in [0.717, 1.165) is 18.7 Å². The maximum absolute atomic E-state index is 5.73. The van der Waals surface area contributed by atoms with Crippen molar-refractivity contribution in [3.8, 4) is 0 Å². The fourth-order valence-electron chi connectivity index (χ4n) is 1.65. The van der Waals surface area contributed by atoms with Crippen LogP contribution in [0.1, 0.15) is 12.0 Å². The average Bonchev–Trinajstić information content (AvgIpc) is 2.28. The zero-order valence-electron chi connectivity index (χ0n) is 7.83. The minimum absolute atomic E-state index is 0.832. The number of nitrogens with zero attached hydrogens (tertiary/aromatic N) is 1. The molecule has 2 rings (SSSR count). The minimum atomic E-state index is 0.832. The highest BCUT2D eigenvalue weighted by atomic mass is 15.1. The van der Waals surface area contributed by atoms with Crippen LogP contribution < -0.4 is 10.6 Å². The Bertz CT molecular complexity index is 342. The minimum Gasteiger partial charge on any atom is -0.399 e. The van der Waals surface area contributed by atoms with Gasteiger partial charge in [-0.3, -0.25) is 0 Å². The van der Waals surface area contributed by atoms with Gasteiger partial charge in [-0.05, 0) is 30.2 Å². The molecule has 2 nitrogen and oxygen atoms in total. The van der Waals surface area contributed by atoms with E-state index >= 15 is 0 Å². The predicted molar refractivity (Wildman–Crippen MR) is 57.8 cm³/mol. The molecule has 0 atom stereocenters. The van der Waals surface area contributed by atoms with Gasteiger partial charge >= 0.3 is 0 Å². The molecule has 2 N–H and O–H groups in total. The van der Waals surface area contributed by atoms with E-state index in [4.69, 9.17) is 5.73 Å². The van der Waals surface area contributed by atoms with Gasteiger partial charge in [-0.1, -0.05) is 12.2 Å². The van der Waals surface area contributed by atoms with Crippen LogP contribution in [0.5, 0.6) is 0 Å². The molecule has 0 unspecified atom stereocenters. The molecule has 1 aliphatic rings. The smallest absolute Gasteiger partial charge is 0.0438 e. The summed E-state index contributed by atoms with van der Waals surface area (Å²) in [5, 5.41) is 0. The van der Waals surface area contributed by atoms with E-state index in [2.05, 4.69) is 30.2 Å². The number of fused-ring (bicyclic) bond motifs is 1. The maximum atomic E-state index is 5.73. The molecule has 0 fully saturated rings. The van der Waals surface area contributed by atoms with Crippen LogP contribution in [0.25, 0.3) is 6.08 Å². The molecule has 1 heterocycles. The molecule has 13 heavy (non-hydrogen) atoms. The molecule has 0 radical (unpaired) electrons. The van der Waals surface area contributed by atoms with Crippen molar-refractivity contribution >= 4 is 17.5 Å². The largest absolute Gasteiger partial charge is 0.399 e. The molecule has 0 aromatic heterocycles. The van der Waals surface area contributed by atoms with E-state index in [1.165, 1.54) is 11.3 Å². The Morgan fingerprint density at radius 3 is 3.08 bits per heavy atom. The van der Waals surface area contributed by atoms with Gasteiger partial charge in [-0.2, -0.15) is 0 Å². The van der Waals surface area contributed by atoms with Crippen molar-refractivity contribution in [2.75, 3.05) is 24.2 Å². The summed E-state index contributed by atoms with van der Waals surface area (Å²) in [6, 6.07) is 6.06. The first kappa shape index (κ1) is 8.17. The molecule has 68 valence electrons. The van der Waals surface area contributed by atoms with Crippen LogP contribution in [-0.2, 0) is 0 Å². The van der Waals surface area contributed by atoms with Gasteiger partial charge in [-0.15, -0.1) is 0 Å². The molecule has 0 amide bonds. The number of nitrogen functional groups attached to an aromatic ring is 1. The van der Waals surface area contributed by atoms with E-state index in [0.29, 0.717) is 0 Å². The van der Waals surface area contributed by atoms with Crippen LogP contribution in [0, 0.1) is 0 Å². The zero-order valence-corrected chi connectivity index (χ0v) is 7.83. The second-order valence-corrected chi connectivity index (χ2v) is 3.43. The summed E-state index contributed by atoms with van der Waals surface area (Å²) in [5.41, 5.74) is 9.05. The summed E-state index contributed by atoms with van der Waals surface area (Å²) < 4.78 is 0. The SMILES string of the molecule is CN1CCC=Cc2cc(N)ccc21. The standard InChI is InChI=1S/C11H14N2/c1-13-7-3-2-4-9-8-10(12)5-6-11(9)13/h2,4-6,8H,3,7,12H2,1H3. The van der Waals surface area contributed by atoms with Crippen molar-refractivity contribution in [2.24, 2.45) is 0 Å². The second kappa shape index (κ2) is 3.13. The number of hydrogen-bond donors (Lipinski definition) is 1. The lowest BCUT2D eigenvalue weighted by atomic mass is 10.1. The summed E-state index contributed by atoms with van der Waals surface area (Å²) in [7, 11) is 2.11. The van der Waals surface area contributed by atoms with Crippen molar-refractivity contribution in [1.82, 2.24) is 0 Å². The summed E-state index contributed by atoms with van der Waals surface area (Å²) in [5.74, 6) is 0. The first-order valence-electron chi connectivity index (χ1n) is 4.54. The molecule has 0 aliphatic carbocycles. The van der Waals surface area contributed by atoms with Gasteiger partial charge in [0.1, 0.15) is 0 Å². The van der Waals surface area contributed by atoms with Crippen molar-refractivity contribution in [3.63, 3.8) is 0 Å². The molecule has 1 aromatic rings. The van der Waals surface area contributed by atoms with Crippen molar-refractivity contribution < 1.29 is 0 Å². The van der Waals surface area contributed by atoms with Gasteiger partial charge in [0.15, 0.2) is 0 Å². The summed E-state index contributed by atoms with van der Waals surface area (Å²) in [6.07, 6.45) is 5.45. The van der Waals surface area contributed by atoms with Gasteiger partial charge in [0.2, 0.25) is 0 Å². The first-order valence-corrected chi connectivity index (χ1v) is 4.54. The van der Waals surface area contributed by atoms with E-state index in [9.17, 15) is 0 Å². The van der Waals surface area contributed by atoms with Crippen molar-refractivity contribution in [3.05, 3.63) is 29.8 Å². The molecule has 0 spiro atoms. The highest BCUT2D eigenvalue weighted by Crippen LogP contribution is 2.25. The van der Waals surface area contributed by atoms with Gasteiger partial charge in [0, 0.05) is 25.0 Å². The van der Waals surface area contributed by atoms with Crippen LogP contribution in [-0.4, -0.2) is 13.6 Å². The average molecular weight is 174 g/mol. The summed E-state index contributed by atoms with van der Waals surface area (Å²) >= 11 is 0. The Kier molecular flexibility index (Phi) is 1.97. The Morgan fingerprint density at radius 1 is 1.38 bits per heavy atom. The Balaban J connectivity index is 2.51. The molecule has 0 saturated carbocycles. The normalized spacial score (nSPS) is 15.3. The quantitative estimate of drug-likeness (QED) is 0.610. The lowest BCUT2D eigenvalue weighted by Crippen LogP contribution is -2.17. The number of hydrogen-bond acceptors (Lipinski definition) is 2. The van der Waals surface area contributed by atoms with Gasteiger partial charge in [0.25, 0.3) is 0 Å². The zero-order chi connectivity index (χ0) is 9.26. The third kappa shape index (κ3) is 1.52. The Hall–Kier alpha value is -1.44. The first-order chi connectivity index (χ1) is 6.27. The number of benzene rings is 1. The van der Waals surface area contributed by atoms with Crippen LogP contribution in [0.2, 0.25) is 0 Å². The third-order valence-electron chi connectivity index (χ3n) is 2.39. The van der Waals surface area contributed by atoms with Gasteiger partial charge in [0.05, 0.1) is 0 Å². The third-order valence-corrected chi connectivity index (χ3v) is 2.39. The Morgan fingerprint density at radius 2 is 2.23 bits per heavy atom. The second-order valence-electron chi connectivity index (χ2n) is 3.43. The maximum Gasteiger partial charge on any atom is 0.0438 e. The number of anilines is 2. The van der Waals surface area contributed by atoms with Crippen LogP contribution in [0.4, 0.5) is 11.4 Å². The molecule has 0 saturated heterocycles. The Labute approximate surface area is 78.7 Å². The van der Waals surface area contributed by atoms with Gasteiger partial charge in [-0.25, -0.2) is 0 Å². The number of nitrogens with two attached hydrogens (primary N) is 1. The number of rotatable bonds is 0. The summed E-state index contributed by atoms with van der Waals surface area (Å²) in [4.78, 5) is 2.26. The van der Waals surface area contributed by atoms with Crippen LogP contribution >= 0.6 is 0 Å². The van der Waals surface area contributed by atoms with E-state index in [1.807, 2.05) is 12.1 Å². The lowest BCUT2D eigenvalue weighted by molar-refractivity contribution is 0.907. The molecule has 2 heteroatoms. The molecular weight excluding hydrogens is 160 g/mol. The van der Waals surface area contributed by atoms with Crippen molar-refractivity contribution in [1.29, 1.82) is 0 Å². The molecule has 0 bridgehead atoms. The topological polar surface area (TPSA) is 29.3 Å². The van der Waals surface area contributed by atoms with E-state index in [-0.39, 0.29) is 0 Å². The van der Waals surface area contributed by atoms with Gasteiger partial charge < -0.3 is 10.6 Å².